The molecular formula is C23H29ClN6O. The molecule has 2 aromatic rings. The quantitative estimate of drug-likeness (QED) is 0.688. The number of hydrogen-bond acceptors (Lipinski definition) is 5. The Bertz CT molecular complexity index is 999. The monoisotopic (exact) mass is 440 g/mol. The Morgan fingerprint density at radius 3 is 2.74 bits per heavy atom. The fourth-order valence-corrected chi connectivity index (χ4v) is 4.57. The van der Waals surface area contributed by atoms with Gasteiger partial charge in [-0.25, -0.2) is 4.98 Å². The lowest BCUT2D eigenvalue weighted by atomic mass is 9.98. The van der Waals surface area contributed by atoms with Crippen LogP contribution in [0.3, 0.4) is 0 Å². The minimum Gasteiger partial charge on any atom is -0.398 e. The van der Waals surface area contributed by atoms with E-state index in [1.54, 1.807) is 18.2 Å². The van der Waals surface area contributed by atoms with E-state index < -0.39 is 0 Å². The maximum absolute atomic E-state index is 13.4. The summed E-state index contributed by atoms with van der Waals surface area (Å²) in [7, 11) is 0. The van der Waals surface area contributed by atoms with Crippen molar-refractivity contribution in [1.82, 2.24) is 20.1 Å². The Hall–Kier alpha value is -2.80. The summed E-state index contributed by atoms with van der Waals surface area (Å²) in [5, 5.41) is 8.13. The number of carbonyl (C=O) groups is 1. The van der Waals surface area contributed by atoms with E-state index in [0.717, 1.165) is 49.4 Å². The topological polar surface area (TPSA) is 91.1 Å². The average Bonchev–Trinajstić information content (AvgIpc) is 3.32. The number of halogens is 1. The molecule has 8 heteroatoms. The van der Waals surface area contributed by atoms with E-state index in [9.17, 15) is 4.79 Å². The predicted octanol–water partition coefficient (Wildman–Crippen LogP) is 4.44. The Labute approximate surface area is 187 Å². The Morgan fingerprint density at radius 2 is 1.94 bits per heavy atom. The number of aromatic amines is 1. The highest BCUT2D eigenvalue weighted by molar-refractivity contribution is 6.31. The van der Waals surface area contributed by atoms with E-state index in [0.29, 0.717) is 22.8 Å². The maximum Gasteiger partial charge on any atom is 0.256 e. The zero-order valence-corrected chi connectivity index (χ0v) is 18.6. The third-order valence-corrected chi connectivity index (χ3v) is 6.26. The van der Waals surface area contributed by atoms with Crippen LogP contribution in [0.1, 0.15) is 59.8 Å². The minimum atomic E-state index is -0.128. The summed E-state index contributed by atoms with van der Waals surface area (Å²) < 4.78 is 0. The molecule has 3 heterocycles. The first-order chi connectivity index (χ1) is 15.0. The summed E-state index contributed by atoms with van der Waals surface area (Å²) in [6, 6.07) is 6.82. The van der Waals surface area contributed by atoms with E-state index in [1.165, 1.54) is 12.8 Å². The number of amides is 1. The fourth-order valence-electron chi connectivity index (χ4n) is 4.40. The van der Waals surface area contributed by atoms with Gasteiger partial charge in [0.25, 0.3) is 5.91 Å². The summed E-state index contributed by atoms with van der Waals surface area (Å²) >= 11 is 6.13. The van der Waals surface area contributed by atoms with Crippen LogP contribution in [0, 0.1) is 6.92 Å². The molecule has 2 aliphatic rings. The largest absolute Gasteiger partial charge is 0.398 e. The van der Waals surface area contributed by atoms with Crippen LogP contribution < -0.4 is 10.6 Å². The first-order valence-electron chi connectivity index (χ1n) is 10.9. The van der Waals surface area contributed by atoms with Crippen molar-refractivity contribution in [3.63, 3.8) is 0 Å². The number of piperidine rings is 1. The standard InChI is InChI=1S/C23H29ClN6O/c1-16-15-27-28-20(9-10-26-22(16)29-11-4-5-12-29)21-6-2-3-13-30(21)23(31)18-14-17(24)7-8-19(18)25/h7-10,14-15,21,28H,2-6,11-13,25H2,1H3. The molecule has 1 amide bonds. The van der Waals surface area contributed by atoms with Gasteiger partial charge in [-0.05, 0) is 63.3 Å². The van der Waals surface area contributed by atoms with Gasteiger partial charge in [0.15, 0.2) is 0 Å². The number of carbonyl (C=O) groups excluding carboxylic acids is 1. The molecule has 2 aliphatic heterocycles. The normalized spacial score (nSPS) is 18.7. The second-order valence-electron chi connectivity index (χ2n) is 8.21. The Balaban J connectivity index is 1.68. The SMILES string of the molecule is Cc1cn[nH]c(C2CCCCN2C(=O)c2cc(Cl)ccc2N)ccnc1N1CCCC1. The molecule has 1 atom stereocenters. The molecule has 1 unspecified atom stereocenters. The van der Waals surface area contributed by atoms with Gasteiger partial charge < -0.3 is 15.5 Å². The van der Waals surface area contributed by atoms with E-state index in [2.05, 4.69) is 15.1 Å². The van der Waals surface area contributed by atoms with Crippen LogP contribution in [0.4, 0.5) is 11.5 Å². The lowest BCUT2D eigenvalue weighted by Gasteiger charge is -2.35. The van der Waals surface area contributed by atoms with Crippen molar-refractivity contribution < 1.29 is 4.79 Å². The molecule has 0 spiro atoms. The molecular weight excluding hydrogens is 412 g/mol. The molecule has 0 aliphatic carbocycles. The Morgan fingerprint density at radius 1 is 1.16 bits per heavy atom. The predicted molar refractivity (Wildman–Crippen MR) is 124 cm³/mol. The Kier molecular flexibility index (Phi) is 6.61. The zero-order chi connectivity index (χ0) is 21.8. The van der Waals surface area contributed by atoms with Gasteiger partial charge in [-0.15, -0.1) is 0 Å². The number of nitrogens with zero attached hydrogens (tertiary/aromatic N) is 4. The van der Waals surface area contributed by atoms with Crippen molar-refractivity contribution >= 4 is 29.0 Å². The smallest absolute Gasteiger partial charge is 0.256 e. The van der Waals surface area contributed by atoms with Crippen LogP contribution in [0.25, 0.3) is 0 Å². The van der Waals surface area contributed by atoms with Crippen LogP contribution in [-0.2, 0) is 0 Å². The number of likely N-dealkylation sites (tertiary alicyclic amines) is 1. The molecule has 7 nitrogen and oxygen atoms in total. The molecule has 164 valence electrons. The maximum atomic E-state index is 13.4. The number of benzene rings is 1. The average molecular weight is 441 g/mol. The van der Waals surface area contributed by atoms with Crippen molar-refractivity contribution in [2.24, 2.45) is 0 Å². The van der Waals surface area contributed by atoms with Crippen LogP contribution in [0.2, 0.25) is 5.02 Å². The molecule has 0 radical (unpaired) electrons. The highest BCUT2D eigenvalue weighted by Crippen LogP contribution is 2.32. The third-order valence-electron chi connectivity index (χ3n) is 6.03. The number of hydrogen-bond donors (Lipinski definition) is 2. The summed E-state index contributed by atoms with van der Waals surface area (Å²) in [4.78, 5) is 22.3. The van der Waals surface area contributed by atoms with Crippen LogP contribution in [0.5, 0.6) is 0 Å². The number of aryl methyl sites for hydroxylation is 1. The van der Waals surface area contributed by atoms with Gasteiger partial charge in [-0.1, -0.05) is 11.6 Å². The van der Waals surface area contributed by atoms with Crippen molar-refractivity contribution in [2.75, 3.05) is 30.3 Å². The molecule has 0 saturated carbocycles. The summed E-state index contributed by atoms with van der Waals surface area (Å²) in [6.07, 6.45) is 8.85. The number of anilines is 2. The van der Waals surface area contributed by atoms with E-state index in [4.69, 9.17) is 22.3 Å². The van der Waals surface area contributed by atoms with Gasteiger partial charge in [-0.3, -0.25) is 9.89 Å². The van der Waals surface area contributed by atoms with Gasteiger partial charge in [0.2, 0.25) is 0 Å². The summed E-state index contributed by atoms with van der Waals surface area (Å²) in [5.41, 5.74) is 8.83. The molecule has 1 aromatic carbocycles. The first kappa shape index (κ1) is 21.4. The van der Waals surface area contributed by atoms with Gasteiger partial charge in [0, 0.05) is 42.1 Å². The second kappa shape index (κ2) is 9.56. The number of nitrogens with one attached hydrogen (secondary N) is 1. The zero-order valence-electron chi connectivity index (χ0n) is 17.9. The highest BCUT2D eigenvalue weighted by Gasteiger charge is 2.30. The molecule has 2 fully saturated rings. The van der Waals surface area contributed by atoms with Crippen LogP contribution >= 0.6 is 11.6 Å². The van der Waals surface area contributed by atoms with Gasteiger partial charge in [0.1, 0.15) is 5.82 Å². The van der Waals surface area contributed by atoms with Crippen molar-refractivity contribution in [1.29, 1.82) is 0 Å². The second-order valence-corrected chi connectivity index (χ2v) is 8.65. The van der Waals surface area contributed by atoms with Crippen molar-refractivity contribution in [3.8, 4) is 0 Å². The molecule has 2 saturated heterocycles. The minimum absolute atomic E-state index is 0.111. The summed E-state index contributed by atoms with van der Waals surface area (Å²) in [6.45, 7) is 4.73. The number of aromatic nitrogens is 3. The number of rotatable bonds is 3. The van der Waals surface area contributed by atoms with E-state index in [1.807, 2.05) is 30.3 Å². The van der Waals surface area contributed by atoms with Crippen molar-refractivity contribution in [2.45, 2.75) is 45.1 Å². The van der Waals surface area contributed by atoms with Gasteiger partial charge in [0.05, 0.1) is 23.5 Å². The number of nitrogens with two attached hydrogens (primary N) is 1. The van der Waals surface area contributed by atoms with E-state index >= 15 is 0 Å². The number of nitrogen functional groups attached to an aromatic ring is 1. The van der Waals surface area contributed by atoms with E-state index in [-0.39, 0.29) is 11.9 Å². The first-order valence-corrected chi connectivity index (χ1v) is 11.3. The third kappa shape index (κ3) is 4.77. The number of H-pyrrole nitrogens is 1. The van der Waals surface area contributed by atoms with Crippen molar-refractivity contribution in [3.05, 3.63) is 58.5 Å². The summed E-state index contributed by atoms with van der Waals surface area (Å²) in [5.74, 6) is 0.851. The van der Waals surface area contributed by atoms with Gasteiger partial charge in [-0.2, -0.15) is 5.10 Å². The van der Waals surface area contributed by atoms with Crippen LogP contribution in [-0.4, -0.2) is 45.6 Å². The molecule has 4 rings (SSSR count). The van der Waals surface area contributed by atoms with Crippen LogP contribution in [0.15, 0.2) is 36.7 Å². The molecule has 0 bridgehead atoms. The molecule has 3 N–H and O–H groups in total. The molecule has 31 heavy (non-hydrogen) atoms. The lowest BCUT2D eigenvalue weighted by Crippen LogP contribution is -2.39. The fraction of sp³-hybridized carbons (Fsp3) is 0.435. The molecule has 1 aromatic heterocycles. The highest BCUT2D eigenvalue weighted by atomic mass is 35.5. The van der Waals surface area contributed by atoms with Gasteiger partial charge >= 0.3 is 0 Å². The lowest BCUT2D eigenvalue weighted by molar-refractivity contribution is 0.0606.